The molecular weight excluding hydrogens is 181 g/mol. The van der Waals surface area contributed by atoms with Gasteiger partial charge in [-0.25, -0.2) is 4.39 Å². The average molecular weight is 203 g/mol. The summed E-state index contributed by atoms with van der Waals surface area (Å²) >= 11 is 0. The first-order valence-corrected chi connectivity index (χ1v) is 5.39. The molecule has 1 rings (SSSR count). The minimum absolute atomic E-state index is 0.0440. The molecule has 2 nitrogen and oxygen atoms in total. The first kappa shape index (κ1) is 11.9. The normalized spacial score (nSPS) is 36.6. The van der Waals surface area contributed by atoms with Crippen molar-refractivity contribution in [3.8, 4) is 0 Å². The zero-order valence-corrected chi connectivity index (χ0v) is 9.88. The third kappa shape index (κ3) is 2.45. The molecule has 1 saturated heterocycles. The van der Waals surface area contributed by atoms with Gasteiger partial charge >= 0.3 is 0 Å². The molecule has 0 aliphatic carbocycles. The van der Waals surface area contributed by atoms with Gasteiger partial charge in [0.2, 0.25) is 0 Å². The number of alkyl halides is 1. The lowest BCUT2D eigenvalue weighted by Crippen LogP contribution is -2.47. The fraction of sp³-hybridized carbons (Fsp3) is 1.00. The molecule has 1 heterocycles. The first-order valence-electron chi connectivity index (χ1n) is 5.39. The summed E-state index contributed by atoms with van der Waals surface area (Å²) in [6.45, 7) is 8.44. The highest BCUT2D eigenvalue weighted by atomic mass is 19.1. The van der Waals surface area contributed by atoms with Gasteiger partial charge in [0.05, 0.1) is 18.2 Å². The minimum atomic E-state index is -1.11. The Kier molecular flexibility index (Phi) is 3.53. The van der Waals surface area contributed by atoms with Crippen LogP contribution in [0.3, 0.4) is 0 Å². The number of rotatable bonds is 3. The van der Waals surface area contributed by atoms with E-state index < -0.39 is 5.67 Å². The Morgan fingerprint density at radius 3 is 2.36 bits per heavy atom. The molecule has 0 aromatic heterocycles. The van der Waals surface area contributed by atoms with Crippen LogP contribution in [0, 0.1) is 0 Å². The lowest BCUT2D eigenvalue weighted by atomic mass is 9.95. The molecule has 1 aliphatic rings. The Hall–Kier alpha value is -0.150. The first-order chi connectivity index (χ1) is 6.34. The lowest BCUT2D eigenvalue weighted by molar-refractivity contribution is -0.0529. The van der Waals surface area contributed by atoms with Crippen molar-refractivity contribution in [3.63, 3.8) is 0 Å². The predicted molar refractivity (Wildman–Crippen MR) is 56.2 cm³/mol. The summed E-state index contributed by atoms with van der Waals surface area (Å²) in [6.07, 6.45) is 0.729. The van der Waals surface area contributed by atoms with Crippen LogP contribution < -0.4 is 0 Å². The number of likely N-dealkylation sites (tertiary alicyclic amines) is 1. The number of likely N-dealkylation sites (N-methyl/N-ethyl adjacent to an activating group) is 1. The second-order valence-electron chi connectivity index (χ2n) is 4.84. The maximum absolute atomic E-state index is 14.1. The highest BCUT2D eigenvalue weighted by Gasteiger charge is 2.46. The summed E-state index contributed by atoms with van der Waals surface area (Å²) < 4.78 is 19.8. The SMILES string of the molecule is CC(C)O[C@@H](C)[C@H]1N(C)CCC1(C)F. The Labute approximate surface area is 86.4 Å². The second kappa shape index (κ2) is 4.15. The molecule has 1 unspecified atom stereocenters. The number of halogens is 1. The van der Waals surface area contributed by atoms with Crippen molar-refractivity contribution >= 4 is 0 Å². The van der Waals surface area contributed by atoms with Gasteiger partial charge in [-0.05, 0) is 41.2 Å². The van der Waals surface area contributed by atoms with E-state index in [0.717, 1.165) is 6.54 Å². The highest BCUT2D eigenvalue weighted by Crippen LogP contribution is 2.34. The Balaban J connectivity index is 2.64. The molecule has 1 aliphatic heterocycles. The molecule has 0 amide bonds. The quantitative estimate of drug-likeness (QED) is 0.697. The van der Waals surface area contributed by atoms with Gasteiger partial charge in [0, 0.05) is 6.54 Å². The monoisotopic (exact) mass is 203 g/mol. The van der Waals surface area contributed by atoms with Crippen molar-refractivity contribution in [2.75, 3.05) is 13.6 Å². The molecule has 1 fully saturated rings. The second-order valence-corrected chi connectivity index (χ2v) is 4.84. The van der Waals surface area contributed by atoms with Crippen LogP contribution in [0.15, 0.2) is 0 Å². The van der Waals surface area contributed by atoms with E-state index in [1.807, 2.05) is 27.8 Å². The topological polar surface area (TPSA) is 12.5 Å². The summed E-state index contributed by atoms with van der Waals surface area (Å²) in [7, 11) is 1.97. The van der Waals surface area contributed by atoms with Gasteiger partial charge in [-0.15, -0.1) is 0 Å². The maximum Gasteiger partial charge on any atom is 0.127 e. The van der Waals surface area contributed by atoms with Gasteiger partial charge in [-0.3, -0.25) is 4.90 Å². The third-order valence-electron chi connectivity index (χ3n) is 2.98. The van der Waals surface area contributed by atoms with Crippen LogP contribution in [-0.4, -0.2) is 42.4 Å². The van der Waals surface area contributed by atoms with Crippen LogP contribution >= 0.6 is 0 Å². The zero-order chi connectivity index (χ0) is 10.9. The molecule has 0 aromatic rings. The third-order valence-corrected chi connectivity index (χ3v) is 2.98. The fourth-order valence-corrected chi connectivity index (χ4v) is 2.49. The maximum atomic E-state index is 14.1. The van der Waals surface area contributed by atoms with E-state index in [2.05, 4.69) is 4.90 Å². The highest BCUT2D eigenvalue weighted by molar-refractivity contribution is 4.99. The summed E-state index contributed by atoms with van der Waals surface area (Å²) in [5.74, 6) is 0. The summed E-state index contributed by atoms with van der Waals surface area (Å²) in [4.78, 5) is 2.06. The van der Waals surface area contributed by atoms with E-state index >= 15 is 0 Å². The molecule has 84 valence electrons. The van der Waals surface area contributed by atoms with Crippen LogP contribution in [0.1, 0.15) is 34.1 Å². The minimum Gasteiger partial charge on any atom is -0.374 e. The van der Waals surface area contributed by atoms with Crippen LogP contribution in [-0.2, 0) is 4.74 Å². The molecular formula is C11H22FNO. The van der Waals surface area contributed by atoms with Crippen molar-refractivity contribution < 1.29 is 9.13 Å². The summed E-state index contributed by atoms with van der Waals surface area (Å²) in [5, 5.41) is 0. The van der Waals surface area contributed by atoms with Gasteiger partial charge in [-0.2, -0.15) is 0 Å². The van der Waals surface area contributed by atoms with E-state index in [9.17, 15) is 4.39 Å². The van der Waals surface area contributed by atoms with E-state index in [1.54, 1.807) is 6.92 Å². The Bertz CT molecular complexity index is 194. The van der Waals surface area contributed by atoms with Crippen LogP contribution in [0.5, 0.6) is 0 Å². The standard InChI is InChI=1S/C11H22FNO/c1-8(2)14-9(3)10-11(4,12)6-7-13(10)5/h8-10H,6-7H2,1-5H3/t9-,10+,11?/m0/s1. The molecule has 0 aromatic carbocycles. The van der Waals surface area contributed by atoms with Crippen molar-refractivity contribution in [1.29, 1.82) is 0 Å². The zero-order valence-electron chi connectivity index (χ0n) is 9.88. The van der Waals surface area contributed by atoms with Crippen molar-refractivity contribution in [2.45, 2.75) is 58.0 Å². The molecule has 0 spiro atoms. The molecule has 0 bridgehead atoms. The molecule has 0 N–H and O–H groups in total. The van der Waals surface area contributed by atoms with E-state index in [4.69, 9.17) is 4.74 Å². The van der Waals surface area contributed by atoms with Crippen LogP contribution in [0.25, 0.3) is 0 Å². The van der Waals surface area contributed by atoms with Crippen molar-refractivity contribution in [3.05, 3.63) is 0 Å². The Morgan fingerprint density at radius 2 is 2.00 bits per heavy atom. The van der Waals surface area contributed by atoms with Gasteiger partial charge in [0.15, 0.2) is 0 Å². The van der Waals surface area contributed by atoms with Crippen molar-refractivity contribution in [2.24, 2.45) is 0 Å². The number of ether oxygens (including phenoxy) is 1. The van der Waals surface area contributed by atoms with Crippen LogP contribution in [0.2, 0.25) is 0 Å². The predicted octanol–water partition coefficient (Wildman–Crippen LogP) is 2.23. The summed E-state index contributed by atoms with van der Waals surface area (Å²) in [5.41, 5.74) is -1.11. The lowest BCUT2D eigenvalue weighted by Gasteiger charge is -2.33. The van der Waals surface area contributed by atoms with E-state index in [-0.39, 0.29) is 18.2 Å². The molecule has 0 radical (unpaired) electrons. The van der Waals surface area contributed by atoms with Crippen molar-refractivity contribution in [1.82, 2.24) is 4.90 Å². The molecule has 0 saturated carbocycles. The average Bonchev–Trinajstić information content (AvgIpc) is 2.24. The number of hydrogen-bond donors (Lipinski definition) is 0. The van der Waals surface area contributed by atoms with E-state index in [1.165, 1.54) is 0 Å². The summed E-state index contributed by atoms with van der Waals surface area (Å²) in [6, 6.07) is -0.107. The van der Waals surface area contributed by atoms with Gasteiger partial charge in [0.1, 0.15) is 5.67 Å². The molecule has 14 heavy (non-hydrogen) atoms. The number of hydrogen-bond acceptors (Lipinski definition) is 2. The Morgan fingerprint density at radius 1 is 1.43 bits per heavy atom. The van der Waals surface area contributed by atoms with Gasteiger partial charge in [0.25, 0.3) is 0 Å². The van der Waals surface area contributed by atoms with E-state index in [0.29, 0.717) is 6.42 Å². The van der Waals surface area contributed by atoms with Gasteiger partial charge < -0.3 is 4.74 Å². The van der Waals surface area contributed by atoms with Gasteiger partial charge in [-0.1, -0.05) is 0 Å². The van der Waals surface area contributed by atoms with Crippen LogP contribution in [0.4, 0.5) is 4.39 Å². The number of nitrogens with zero attached hydrogens (tertiary/aromatic N) is 1. The molecule has 3 atom stereocenters. The smallest absolute Gasteiger partial charge is 0.127 e. The largest absolute Gasteiger partial charge is 0.374 e. The fourth-order valence-electron chi connectivity index (χ4n) is 2.49. The molecule has 3 heteroatoms.